The number of nitrogens with one attached hydrogen (secondary N) is 1. The maximum atomic E-state index is 12.1. The highest BCUT2D eigenvalue weighted by Gasteiger charge is 2.13. The van der Waals surface area contributed by atoms with Gasteiger partial charge in [0.05, 0.1) is 10.7 Å². The number of esters is 1. The molecule has 3 aromatic rings. The predicted octanol–water partition coefficient (Wildman–Crippen LogP) is 2.93. The van der Waals surface area contributed by atoms with E-state index in [0.29, 0.717) is 16.2 Å². The lowest BCUT2D eigenvalue weighted by atomic mass is 10.1. The zero-order chi connectivity index (χ0) is 15.5. The Hall–Kier alpha value is -2.66. The first-order valence-electron chi connectivity index (χ1n) is 6.53. The zero-order valence-electron chi connectivity index (χ0n) is 11.4. The second-order valence-corrected chi connectivity index (χ2v) is 5.08. The summed E-state index contributed by atoms with van der Waals surface area (Å²) in [5.74, 6) is -0.691. The van der Waals surface area contributed by atoms with Crippen LogP contribution >= 0.6 is 11.6 Å². The Bertz CT molecular complexity index is 888. The number of rotatable bonds is 3. The van der Waals surface area contributed by atoms with Crippen molar-refractivity contribution >= 4 is 28.5 Å². The number of fused-ring (bicyclic) bond motifs is 1. The van der Waals surface area contributed by atoms with Crippen LogP contribution in [-0.4, -0.2) is 15.9 Å². The van der Waals surface area contributed by atoms with Gasteiger partial charge in [-0.15, -0.1) is 0 Å². The lowest BCUT2D eigenvalue weighted by Crippen LogP contribution is -2.19. The molecule has 0 aliphatic heterocycles. The number of pyridine rings is 2. The first kappa shape index (κ1) is 14.3. The van der Waals surface area contributed by atoms with Gasteiger partial charge in [0.15, 0.2) is 0 Å². The number of benzene rings is 1. The Morgan fingerprint density at radius 1 is 1.23 bits per heavy atom. The number of hydrogen-bond donors (Lipinski definition) is 1. The van der Waals surface area contributed by atoms with Crippen molar-refractivity contribution in [1.29, 1.82) is 0 Å². The van der Waals surface area contributed by atoms with Crippen molar-refractivity contribution in [3.8, 4) is 0 Å². The molecule has 2 heterocycles. The number of aromatic nitrogens is 2. The second kappa shape index (κ2) is 5.99. The van der Waals surface area contributed by atoms with E-state index in [0.717, 1.165) is 5.39 Å². The van der Waals surface area contributed by atoms with E-state index in [1.807, 2.05) is 18.2 Å². The van der Waals surface area contributed by atoms with Gasteiger partial charge >= 0.3 is 5.97 Å². The van der Waals surface area contributed by atoms with Crippen molar-refractivity contribution in [2.75, 3.05) is 0 Å². The van der Waals surface area contributed by atoms with E-state index in [2.05, 4.69) is 9.97 Å². The smallest absolute Gasteiger partial charge is 0.344 e. The van der Waals surface area contributed by atoms with Crippen molar-refractivity contribution in [2.45, 2.75) is 6.61 Å². The molecule has 0 unspecified atom stereocenters. The van der Waals surface area contributed by atoms with Gasteiger partial charge in [0.25, 0.3) is 5.56 Å². The summed E-state index contributed by atoms with van der Waals surface area (Å²) in [6.07, 6.45) is 1.47. The van der Waals surface area contributed by atoms with Gasteiger partial charge in [-0.1, -0.05) is 29.8 Å². The molecule has 0 aliphatic carbocycles. The second-order valence-electron chi connectivity index (χ2n) is 4.64. The molecule has 0 amide bonds. The molecule has 0 spiro atoms. The molecule has 0 fully saturated rings. The Kier molecular flexibility index (Phi) is 3.89. The highest BCUT2D eigenvalue weighted by Crippen LogP contribution is 2.12. The molecule has 0 saturated carbocycles. The number of carbonyl (C=O) groups is 1. The van der Waals surface area contributed by atoms with Crippen LogP contribution in [0.25, 0.3) is 10.9 Å². The summed E-state index contributed by atoms with van der Waals surface area (Å²) in [7, 11) is 0. The van der Waals surface area contributed by atoms with Crippen LogP contribution in [-0.2, 0) is 11.3 Å². The molecule has 1 N–H and O–H groups in total. The van der Waals surface area contributed by atoms with Crippen LogP contribution in [0.3, 0.4) is 0 Å². The fourth-order valence-corrected chi connectivity index (χ4v) is 2.12. The van der Waals surface area contributed by atoms with Gasteiger partial charge in [0.2, 0.25) is 0 Å². The number of carbonyl (C=O) groups excluding carboxylic acids is 1. The number of aromatic amines is 1. The summed E-state index contributed by atoms with van der Waals surface area (Å²) in [6.45, 7) is -0.0255. The molecule has 6 heteroatoms. The van der Waals surface area contributed by atoms with Gasteiger partial charge in [0.1, 0.15) is 12.2 Å². The predicted molar refractivity (Wildman–Crippen MR) is 82.9 cm³/mol. The van der Waals surface area contributed by atoms with Crippen LogP contribution in [0.1, 0.15) is 16.1 Å². The highest BCUT2D eigenvalue weighted by atomic mass is 35.5. The molecule has 0 saturated heterocycles. The van der Waals surface area contributed by atoms with Crippen LogP contribution in [0.15, 0.2) is 53.5 Å². The number of hydrogen-bond acceptors (Lipinski definition) is 4. The average molecular weight is 315 g/mol. The van der Waals surface area contributed by atoms with E-state index < -0.39 is 11.5 Å². The molecular weight excluding hydrogens is 304 g/mol. The Morgan fingerprint density at radius 3 is 2.82 bits per heavy atom. The fourth-order valence-electron chi connectivity index (χ4n) is 2.01. The third-order valence-corrected chi connectivity index (χ3v) is 3.34. The Labute approximate surface area is 130 Å². The number of ether oxygens (including phenoxy) is 1. The van der Waals surface area contributed by atoms with Gasteiger partial charge in [0, 0.05) is 11.7 Å². The van der Waals surface area contributed by atoms with Gasteiger partial charge in [-0.25, -0.2) is 4.79 Å². The summed E-state index contributed by atoms with van der Waals surface area (Å²) in [4.78, 5) is 30.7. The topological polar surface area (TPSA) is 72.0 Å². The highest BCUT2D eigenvalue weighted by molar-refractivity contribution is 6.30. The maximum absolute atomic E-state index is 12.1. The third kappa shape index (κ3) is 2.99. The van der Waals surface area contributed by atoms with Crippen LogP contribution in [0.4, 0.5) is 0 Å². The standard InChI is InChI=1S/C16H11ClN2O3/c17-11-5-6-12(18-8-11)9-22-16(21)13-7-10-3-1-2-4-14(10)19-15(13)20/h1-8H,9H2,(H,19,20). The van der Waals surface area contributed by atoms with Crippen LogP contribution in [0.2, 0.25) is 5.02 Å². The number of para-hydroxylation sites is 1. The van der Waals surface area contributed by atoms with Crippen molar-refractivity contribution in [2.24, 2.45) is 0 Å². The van der Waals surface area contributed by atoms with Crippen molar-refractivity contribution < 1.29 is 9.53 Å². The van der Waals surface area contributed by atoms with Crippen molar-refractivity contribution in [1.82, 2.24) is 9.97 Å². The SMILES string of the molecule is O=C(OCc1ccc(Cl)cn1)c1cc2ccccc2[nH]c1=O. The zero-order valence-corrected chi connectivity index (χ0v) is 12.1. The quantitative estimate of drug-likeness (QED) is 0.754. The first-order chi connectivity index (χ1) is 10.6. The number of halogens is 1. The molecule has 0 atom stereocenters. The van der Waals surface area contributed by atoms with Gasteiger partial charge in [-0.2, -0.15) is 0 Å². The molecule has 110 valence electrons. The summed E-state index contributed by atoms with van der Waals surface area (Å²) >= 11 is 5.73. The summed E-state index contributed by atoms with van der Waals surface area (Å²) in [6, 6.07) is 12.0. The number of nitrogens with zero attached hydrogens (tertiary/aromatic N) is 1. The molecular formula is C16H11ClN2O3. The van der Waals surface area contributed by atoms with E-state index in [1.54, 1.807) is 18.2 Å². The minimum absolute atomic E-state index is 0.0255. The summed E-state index contributed by atoms with van der Waals surface area (Å²) in [5.41, 5.74) is 0.707. The van der Waals surface area contributed by atoms with E-state index >= 15 is 0 Å². The fraction of sp³-hybridized carbons (Fsp3) is 0.0625. The van der Waals surface area contributed by atoms with Gasteiger partial charge in [-0.05, 0) is 29.7 Å². The largest absolute Gasteiger partial charge is 0.455 e. The monoisotopic (exact) mass is 314 g/mol. The van der Waals surface area contributed by atoms with E-state index in [9.17, 15) is 9.59 Å². The third-order valence-electron chi connectivity index (χ3n) is 3.11. The van der Waals surface area contributed by atoms with Crippen LogP contribution in [0.5, 0.6) is 0 Å². The summed E-state index contributed by atoms with van der Waals surface area (Å²) in [5, 5.41) is 1.26. The molecule has 0 bridgehead atoms. The molecule has 1 aromatic carbocycles. The van der Waals surface area contributed by atoms with Crippen LogP contribution < -0.4 is 5.56 Å². The summed E-state index contributed by atoms with van der Waals surface area (Å²) < 4.78 is 5.12. The lowest BCUT2D eigenvalue weighted by Gasteiger charge is -2.05. The van der Waals surface area contributed by atoms with Crippen molar-refractivity contribution in [3.63, 3.8) is 0 Å². The normalized spacial score (nSPS) is 10.6. The molecule has 5 nitrogen and oxygen atoms in total. The van der Waals surface area contributed by atoms with Gasteiger partial charge < -0.3 is 9.72 Å². The molecule has 0 aliphatic rings. The van der Waals surface area contributed by atoms with Crippen LogP contribution in [0, 0.1) is 0 Å². The average Bonchev–Trinajstić information content (AvgIpc) is 2.53. The Morgan fingerprint density at radius 2 is 2.05 bits per heavy atom. The minimum Gasteiger partial charge on any atom is -0.455 e. The van der Waals surface area contributed by atoms with Crippen molar-refractivity contribution in [3.05, 3.63) is 75.3 Å². The van der Waals surface area contributed by atoms with Gasteiger partial charge in [-0.3, -0.25) is 9.78 Å². The van der Waals surface area contributed by atoms with E-state index in [4.69, 9.17) is 16.3 Å². The molecule has 3 rings (SSSR count). The number of H-pyrrole nitrogens is 1. The van der Waals surface area contributed by atoms with E-state index in [-0.39, 0.29) is 12.2 Å². The molecule has 22 heavy (non-hydrogen) atoms. The van der Waals surface area contributed by atoms with E-state index in [1.165, 1.54) is 12.3 Å². The molecule has 2 aromatic heterocycles. The lowest BCUT2D eigenvalue weighted by molar-refractivity contribution is 0.0466. The first-order valence-corrected chi connectivity index (χ1v) is 6.91. The molecule has 0 radical (unpaired) electrons. The minimum atomic E-state index is -0.691. The Balaban J connectivity index is 1.81. The maximum Gasteiger partial charge on any atom is 0.344 e.